The number of aliphatic hydroxyl groups excluding tert-OH is 1. The van der Waals surface area contributed by atoms with Crippen LogP contribution in [0.3, 0.4) is 0 Å². The zero-order valence-electron chi connectivity index (χ0n) is 78.0. The number of fused-ring (bicyclic) bond motifs is 2. The Balaban J connectivity index is 0.000000488. The number of carbonyl (C=O) groups is 3. The van der Waals surface area contributed by atoms with Gasteiger partial charge in [0.2, 0.25) is 0 Å². The molecule has 2 aromatic carbocycles. The van der Waals surface area contributed by atoms with Crippen molar-refractivity contribution in [3.8, 4) is 0 Å². The Hall–Kier alpha value is -2.17. The number of aliphatic hydroxyl groups is 1. The fourth-order valence-electron chi connectivity index (χ4n) is 13.4. The highest BCUT2D eigenvalue weighted by Crippen LogP contribution is 2.51. The van der Waals surface area contributed by atoms with Gasteiger partial charge in [0.1, 0.15) is 61.0 Å². The van der Waals surface area contributed by atoms with Crippen molar-refractivity contribution in [3.05, 3.63) is 118 Å². The Bertz CT molecular complexity index is 3490. The fourth-order valence-corrected chi connectivity index (χ4v) is 21.8. The summed E-state index contributed by atoms with van der Waals surface area (Å²) in [6.07, 6.45) is 10.9. The summed E-state index contributed by atoms with van der Waals surface area (Å²) in [7, 11) is -14.4. The van der Waals surface area contributed by atoms with E-state index in [2.05, 4.69) is 262 Å². The van der Waals surface area contributed by atoms with Gasteiger partial charge < -0.3 is 60.1 Å². The third kappa shape index (κ3) is 31.1. The molecule has 17 atom stereocenters. The Labute approximate surface area is 735 Å². The Morgan fingerprint density at radius 2 is 0.769 bits per heavy atom. The molecular formula is C93H164Br2O16Si6. The van der Waals surface area contributed by atoms with E-state index in [1.807, 2.05) is 42.5 Å². The molecule has 1 N–H and O–H groups in total. The van der Waals surface area contributed by atoms with Crippen molar-refractivity contribution in [2.45, 2.75) is 448 Å². The monoisotopic (exact) mass is 1860 g/mol. The predicted molar refractivity (Wildman–Crippen MR) is 506 cm³/mol. The van der Waals surface area contributed by atoms with Crippen molar-refractivity contribution < 1.29 is 74.5 Å². The average Bonchev–Trinajstić information content (AvgIpc) is 0.749. The summed E-state index contributed by atoms with van der Waals surface area (Å²) in [5.74, 6) is -0.902. The molecule has 0 amide bonds. The number of carbonyl (C=O) groups excluding carboxylic acids is 3. The highest BCUT2D eigenvalue weighted by Gasteiger charge is 2.61. The van der Waals surface area contributed by atoms with Crippen LogP contribution in [-0.2, 0) is 59.8 Å². The number of benzene rings is 2. The minimum Gasteiger partial charge on any atom is -0.458 e. The van der Waals surface area contributed by atoms with E-state index in [4.69, 9.17) is 55.0 Å². The van der Waals surface area contributed by atoms with Crippen LogP contribution in [0.15, 0.2) is 107 Å². The number of rotatable bonds is 36. The van der Waals surface area contributed by atoms with E-state index in [1.54, 1.807) is 42.5 Å². The lowest BCUT2D eigenvalue weighted by atomic mass is 9.87. The third-order valence-corrected chi connectivity index (χ3v) is 54.3. The fraction of sp³-hybridized carbons (Fsp3) is 0.753. The first-order chi connectivity index (χ1) is 53.0. The highest BCUT2D eigenvalue weighted by molar-refractivity contribution is 9.12. The summed E-state index contributed by atoms with van der Waals surface area (Å²) < 4.78 is 86.7. The molecule has 24 heteroatoms. The van der Waals surface area contributed by atoms with Crippen molar-refractivity contribution >= 4 is 99.5 Å². The smallest absolute Gasteiger partial charge is 0.338 e. The van der Waals surface area contributed by atoms with E-state index in [-0.39, 0.29) is 98.7 Å². The molecule has 16 nitrogen and oxygen atoms in total. The first kappa shape index (κ1) is 107. The largest absolute Gasteiger partial charge is 0.458 e. The van der Waals surface area contributed by atoms with Crippen LogP contribution in [0.2, 0.25) is 109 Å². The first-order valence-electron chi connectivity index (χ1n) is 43.4. The van der Waals surface area contributed by atoms with E-state index in [0.29, 0.717) is 47.7 Å². The van der Waals surface area contributed by atoms with Gasteiger partial charge in [0, 0.05) is 19.3 Å². The van der Waals surface area contributed by atoms with E-state index in [9.17, 15) is 19.5 Å². The number of ketones is 1. The summed E-state index contributed by atoms with van der Waals surface area (Å²) >= 11 is 6.89. The molecule has 670 valence electrons. The summed E-state index contributed by atoms with van der Waals surface area (Å²) in [6.45, 7) is 80.5. The molecule has 4 saturated heterocycles. The third-order valence-electron chi connectivity index (χ3n) is 26.8. The van der Waals surface area contributed by atoms with Crippen LogP contribution >= 0.6 is 31.9 Å². The molecule has 4 aliphatic heterocycles. The second kappa shape index (κ2) is 43.8. The second-order valence-corrected chi connectivity index (χ2v) is 73.4. The Morgan fingerprint density at radius 1 is 0.453 bits per heavy atom. The van der Waals surface area contributed by atoms with Gasteiger partial charge in [0.25, 0.3) is 0 Å². The molecule has 2 aromatic rings. The summed E-state index contributed by atoms with van der Waals surface area (Å²) in [5, 5.41) is 11.2. The summed E-state index contributed by atoms with van der Waals surface area (Å²) in [5.41, 5.74) is 0.955. The summed E-state index contributed by atoms with van der Waals surface area (Å²) in [4.78, 5) is 39.8. The van der Waals surface area contributed by atoms with E-state index in [1.165, 1.54) is 0 Å². The van der Waals surface area contributed by atoms with Crippen molar-refractivity contribution in [1.29, 1.82) is 0 Å². The standard InChI is InChI=1S/C46H81BrO8Si3.C46H79BrO8Si3.CH4/c2*1-18-22-35-28-30-37-39(50-35)41(54-57(14,15)45(6,7)8)42(55-58(16,17)46(9,10)11)40(52-37)38(53-56(12,13)44(3,4)5)29-26-34(48)25-27-36(31-32(2)47)51-43(49)33-23-20-19-21-24-33;/h19-21,23-24,26,29,34-42,48H,2,18,22,25,27-28,30-31H2,1,3-17H3;19-21,23-24,26,29,35-42H,2,18,22,25,27-28,30-31H2,1,3-17H3;1H4/b2*29-26+;/t34?,35-,36+,37-,38-,39-,40-,41-,42+;35-,36+,37-,38-,39-,40-,41-,42+;/m00./s1. The number of hydrogen-bond donors (Lipinski definition) is 1. The van der Waals surface area contributed by atoms with E-state index >= 15 is 0 Å². The second-order valence-electron chi connectivity index (χ2n) is 42.6. The molecule has 0 spiro atoms. The lowest BCUT2D eigenvalue weighted by Crippen LogP contribution is -2.69. The van der Waals surface area contributed by atoms with Crippen LogP contribution in [0.25, 0.3) is 0 Å². The van der Waals surface area contributed by atoms with E-state index in [0.717, 1.165) is 55.8 Å². The number of ether oxygens (including phenoxy) is 6. The lowest BCUT2D eigenvalue weighted by molar-refractivity contribution is -0.267. The van der Waals surface area contributed by atoms with Crippen LogP contribution in [-0.4, -0.2) is 177 Å². The molecule has 0 saturated carbocycles. The Morgan fingerprint density at radius 3 is 1.09 bits per heavy atom. The zero-order valence-corrected chi connectivity index (χ0v) is 87.2. The minimum atomic E-state index is -2.44. The van der Waals surface area contributed by atoms with Gasteiger partial charge in [-0.15, -0.1) is 0 Å². The Kier molecular flexibility index (Phi) is 40.1. The predicted octanol–water partition coefficient (Wildman–Crippen LogP) is 25.8. The zero-order chi connectivity index (χ0) is 88.1. The first-order valence-corrected chi connectivity index (χ1v) is 62.5. The lowest BCUT2D eigenvalue weighted by Gasteiger charge is -2.56. The molecule has 117 heavy (non-hydrogen) atoms. The topological polar surface area (TPSA) is 182 Å². The molecule has 4 aliphatic rings. The van der Waals surface area contributed by atoms with Gasteiger partial charge in [-0.2, -0.15) is 0 Å². The van der Waals surface area contributed by atoms with Crippen LogP contribution in [0.4, 0.5) is 0 Å². The van der Waals surface area contributed by atoms with Crippen LogP contribution in [0.1, 0.15) is 257 Å². The molecule has 4 fully saturated rings. The van der Waals surface area contributed by atoms with Gasteiger partial charge in [-0.1, -0.05) is 258 Å². The normalized spacial score (nSPS) is 25.0. The van der Waals surface area contributed by atoms with E-state index < -0.39 is 117 Å². The van der Waals surface area contributed by atoms with Crippen LogP contribution in [0, 0.1) is 0 Å². The quantitative estimate of drug-likeness (QED) is 0.0294. The molecule has 0 radical (unpaired) electrons. The van der Waals surface area contributed by atoms with Gasteiger partial charge >= 0.3 is 11.9 Å². The number of hydrogen-bond acceptors (Lipinski definition) is 16. The van der Waals surface area contributed by atoms with Crippen LogP contribution in [0.5, 0.6) is 0 Å². The van der Waals surface area contributed by atoms with Gasteiger partial charge in [-0.25, -0.2) is 9.59 Å². The van der Waals surface area contributed by atoms with Crippen molar-refractivity contribution in [2.24, 2.45) is 0 Å². The molecule has 4 heterocycles. The number of allylic oxidation sites excluding steroid dienone is 1. The maximum Gasteiger partial charge on any atom is 0.338 e. The highest BCUT2D eigenvalue weighted by atomic mass is 79.9. The van der Waals surface area contributed by atoms with Crippen molar-refractivity contribution in [2.75, 3.05) is 0 Å². The molecule has 6 rings (SSSR count). The maximum atomic E-state index is 13.9. The van der Waals surface area contributed by atoms with Crippen molar-refractivity contribution in [3.63, 3.8) is 0 Å². The van der Waals surface area contributed by atoms with Gasteiger partial charge in [0.05, 0.1) is 53.9 Å². The molecule has 1 unspecified atom stereocenters. The molecule has 0 aromatic heterocycles. The SMILES string of the molecule is C.C=C(Br)C[C@@H](CCC(=O)/C=C/[C@H](O[Si](C)(C)C(C)(C)C)[C@@H]1O[C@H]2CC[C@H](CCC)O[C@@H]2[C@H](O[Si](C)(C)C(C)(C)C)[C@@H]1O[Si](C)(C)C(C)(C)C)OC(=O)c1ccccc1.C=C(Br)C[C@@H](CCC(O)/C=C/[C@H](O[Si](C)(C)C(C)(C)C)[C@@H]1O[C@H]2CC[C@H](CCC)O[C@@H]2[C@H](O[Si](C)(C)C(C)(C)C)[C@@H]1O[Si](C)(C)C(C)(C)C)OC(=O)c1ccccc1. The van der Waals surface area contributed by atoms with Gasteiger partial charge in [0.15, 0.2) is 55.7 Å². The van der Waals surface area contributed by atoms with Gasteiger partial charge in [-0.3, -0.25) is 4.79 Å². The van der Waals surface area contributed by atoms with Gasteiger partial charge in [-0.05, 0) is 206 Å². The maximum absolute atomic E-state index is 13.9. The molecular weight excluding hydrogens is 1700 g/mol. The van der Waals surface area contributed by atoms with Crippen molar-refractivity contribution in [1.82, 2.24) is 0 Å². The number of halogens is 2. The molecule has 0 bridgehead atoms. The summed E-state index contributed by atoms with van der Waals surface area (Å²) in [6, 6.07) is 17.9. The molecule has 0 aliphatic carbocycles. The number of esters is 2. The van der Waals surface area contributed by atoms with Crippen LogP contribution < -0.4 is 0 Å². The average molecular weight is 1870 g/mol. The minimum absolute atomic E-state index is 0.